The van der Waals surface area contributed by atoms with Gasteiger partial charge >= 0.3 is 0 Å². The summed E-state index contributed by atoms with van der Waals surface area (Å²) in [5.41, 5.74) is 1.29. The van der Waals surface area contributed by atoms with Gasteiger partial charge in [0.05, 0.1) is 22.8 Å². The summed E-state index contributed by atoms with van der Waals surface area (Å²) < 4.78 is 0. The molecule has 0 aliphatic carbocycles. The normalized spacial score (nSPS) is 17.6. The number of rotatable bonds is 2. The Bertz CT molecular complexity index is 598. The van der Waals surface area contributed by atoms with E-state index in [0.29, 0.717) is 5.92 Å². The van der Waals surface area contributed by atoms with Gasteiger partial charge in [-0.3, -0.25) is 4.98 Å². The Balaban J connectivity index is 1.76. The fraction of sp³-hybridized carbons (Fsp3) is 0.500. The van der Waals surface area contributed by atoms with Crippen molar-refractivity contribution in [1.29, 1.82) is 0 Å². The molecule has 4 heteroatoms. The third-order valence-corrected chi connectivity index (χ3v) is 4.25. The van der Waals surface area contributed by atoms with E-state index in [1.807, 2.05) is 44.3 Å². The van der Waals surface area contributed by atoms with Crippen molar-refractivity contribution in [3.63, 3.8) is 0 Å². The van der Waals surface area contributed by atoms with E-state index in [4.69, 9.17) is 0 Å². The van der Waals surface area contributed by atoms with Crippen molar-refractivity contribution in [2.75, 3.05) is 18.0 Å². The summed E-state index contributed by atoms with van der Waals surface area (Å²) in [4.78, 5) is 11.4. The number of nitrogens with zero attached hydrogens (tertiary/aromatic N) is 3. The van der Waals surface area contributed by atoms with Crippen molar-refractivity contribution >= 4 is 16.9 Å². The second-order valence-electron chi connectivity index (χ2n) is 6.13. The van der Waals surface area contributed by atoms with Gasteiger partial charge in [-0.1, -0.05) is 12.1 Å². The van der Waals surface area contributed by atoms with Gasteiger partial charge in [0.15, 0.2) is 0 Å². The van der Waals surface area contributed by atoms with Crippen LogP contribution in [-0.4, -0.2) is 33.8 Å². The molecule has 3 rings (SSSR count). The third-order valence-electron chi connectivity index (χ3n) is 4.25. The first kappa shape index (κ1) is 13.3. The molecule has 1 fully saturated rings. The van der Waals surface area contributed by atoms with E-state index in [0.717, 1.165) is 42.8 Å². The maximum Gasteiger partial charge on any atom is 0.147 e. The highest BCUT2D eigenvalue weighted by Crippen LogP contribution is 2.29. The minimum absolute atomic E-state index is 0.368. The van der Waals surface area contributed by atoms with Crippen molar-refractivity contribution < 1.29 is 5.11 Å². The molecule has 20 heavy (non-hydrogen) atoms. The molecule has 0 atom stereocenters. The Hall–Kier alpha value is -1.68. The van der Waals surface area contributed by atoms with E-state index in [1.54, 1.807) is 0 Å². The lowest BCUT2D eigenvalue weighted by Gasteiger charge is -2.38. The molecule has 1 aliphatic rings. The number of para-hydroxylation sites is 2. The summed E-state index contributed by atoms with van der Waals surface area (Å²) in [5.74, 6) is 1.31. The van der Waals surface area contributed by atoms with Gasteiger partial charge < -0.3 is 10.0 Å². The summed E-state index contributed by atoms with van der Waals surface area (Å²) >= 11 is 0. The Morgan fingerprint density at radius 1 is 1.15 bits per heavy atom. The summed E-state index contributed by atoms with van der Waals surface area (Å²) in [6.45, 7) is 5.68. The van der Waals surface area contributed by atoms with Crippen LogP contribution in [-0.2, 0) is 0 Å². The van der Waals surface area contributed by atoms with E-state index < -0.39 is 5.60 Å². The molecule has 0 spiro atoms. The molecule has 0 amide bonds. The lowest BCUT2D eigenvalue weighted by Crippen LogP contribution is -2.42. The summed E-state index contributed by atoms with van der Waals surface area (Å²) in [5, 5.41) is 10.1. The maximum atomic E-state index is 10.1. The predicted molar refractivity (Wildman–Crippen MR) is 80.8 cm³/mol. The SMILES string of the molecule is CC(C)(O)C1CCN(c2cnc3ccccc3n2)CC1. The van der Waals surface area contributed by atoms with Crippen LogP contribution in [0.4, 0.5) is 5.82 Å². The first-order chi connectivity index (χ1) is 9.54. The molecule has 1 saturated heterocycles. The number of anilines is 1. The zero-order valence-corrected chi connectivity index (χ0v) is 12.1. The molecule has 0 saturated carbocycles. The van der Waals surface area contributed by atoms with Crippen LogP contribution in [0.5, 0.6) is 0 Å². The lowest BCUT2D eigenvalue weighted by molar-refractivity contribution is 0.00646. The van der Waals surface area contributed by atoms with Crippen LogP contribution in [0, 0.1) is 5.92 Å². The van der Waals surface area contributed by atoms with Gasteiger partial charge in [0.2, 0.25) is 0 Å². The number of hydrogen-bond acceptors (Lipinski definition) is 4. The Kier molecular flexibility index (Phi) is 3.34. The Labute approximate surface area is 119 Å². The molecule has 1 aromatic heterocycles. The molecule has 1 aromatic carbocycles. The molecule has 0 radical (unpaired) electrons. The highest BCUT2D eigenvalue weighted by atomic mass is 16.3. The van der Waals surface area contributed by atoms with Crippen LogP contribution in [0.15, 0.2) is 30.5 Å². The molecule has 0 unspecified atom stereocenters. The molecule has 2 heterocycles. The first-order valence-corrected chi connectivity index (χ1v) is 7.23. The molecular weight excluding hydrogens is 250 g/mol. The van der Waals surface area contributed by atoms with Crippen molar-refractivity contribution in [3.8, 4) is 0 Å². The van der Waals surface area contributed by atoms with Crippen molar-refractivity contribution in [2.24, 2.45) is 5.92 Å². The van der Waals surface area contributed by atoms with E-state index in [9.17, 15) is 5.11 Å². The number of piperidine rings is 1. The molecule has 4 nitrogen and oxygen atoms in total. The van der Waals surface area contributed by atoms with E-state index in [1.165, 1.54) is 0 Å². The minimum Gasteiger partial charge on any atom is -0.390 e. The van der Waals surface area contributed by atoms with Gasteiger partial charge in [0.25, 0.3) is 0 Å². The maximum absolute atomic E-state index is 10.1. The van der Waals surface area contributed by atoms with Gasteiger partial charge in [-0.25, -0.2) is 4.98 Å². The fourth-order valence-corrected chi connectivity index (χ4v) is 2.91. The van der Waals surface area contributed by atoms with Gasteiger partial charge in [-0.2, -0.15) is 0 Å². The van der Waals surface area contributed by atoms with Gasteiger partial charge in [-0.05, 0) is 44.7 Å². The standard InChI is InChI=1S/C16H21N3O/c1-16(2,20)12-7-9-19(10-8-12)15-11-17-13-5-3-4-6-14(13)18-15/h3-6,11-12,20H,7-10H2,1-2H3. The molecular formula is C16H21N3O. The predicted octanol–water partition coefficient (Wildman–Crippen LogP) is 2.62. The van der Waals surface area contributed by atoms with E-state index >= 15 is 0 Å². The Morgan fingerprint density at radius 2 is 1.80 bits per heavy atom. The van der Waals surface area contributed by atoms with Crippen molar-refractivity contribution in [1.82, 2.24) is 9.97 Å². The van der Waals surface area contributed by atoms with Crippen LogP contribution in [0.25, 0.3) is 11.0 Å². The number of aromatic nitrogens is 2. The number of hydrogen-bond donors (Lipinski definition) is 1. The average Bonchev–Trinajstić information content (AvgIpc) is 2.46. The molecule has 1 N–H and O–H groups in total. The van der Waals surface area contributed by atoms with Gasteiger partial charge in [0.1, 0.15) is 5.82 Å². The highest BCUT2D eigenvalue weighted by Gasteiger charge is 2.30. The minimum atomic E-state index is -0.582. The van der Waals surface area contributed by atoms with Crippen molar-refractivity contribution in [2.45, 2.75) is 32.3 Å². The number of aliphatic hydroxyl groups is 1. The molecule has 1 aliphatic heterocycles. The second kappa shape index (κ2) is 5.02. The first-order valence-electron chi connectivity index (χ1n) is 7.23. The van der Waals surface area contributed by atoms with Crippen LogP contribution in [0.3, 0.4) is 0 Å². The zero-order valence-electron chi connectivity index (χ0n) is 12.1. The summed E-state index contributed by atoms with van der Waals surface area (Å²) in [6, 6.07) is 7.94. The smallest absolute Gasteiger partial charge is 0.147 e. The van der Waals surface area contributed by atoms with Crippen LogP contribution < -0.4 is 4.90 Å². The van der Waals surface area contributed by atoms with Gasteiger partial charge in [0, 0.05) is 13.1 Å². The summed E-state index contributed by atoms with van der Waals surface area (Å²) in [7, 11) is 0. The topological polar surface area (TPSA) is 49.2 Å². The fourth-order valence-electron chi connectivity index (χ4n) is 2.91. The summed E-state index contributed by atoms with van der Waals surface area (Å²) in [6.07, 6.45) is 3.85. The van der Waals surface area contributed by atoms with Crippen LogP contribution in [0.1, 0.15) is 26.7 Å². The van der Waals surface area contributed by atoms with E-state index in [2.05, 4.69) is 14.9 Å². The molecule has 106 valence electrons. The second-order valence-corrected chi connectivity index (χ2v) is 6.13. The Morgan fingerprint density at radius 3 is 2.45 bits per heavy atom. The third kappa shape index (κ3) is 2.61. The van der Waals surface area contributed by atoms with Crippen LogP contribution >= 0.6 is 0 Å². The monoisotopic (exact) mass is 271 g/mol. The highest BCUT2D eigenvalue weighted by molar-refractivity contribution is 5.75. The zero-order chi connectivity index (χ0) is 14.2. The molecule has 0 bridgehead atoms. The van der Waals surface area contributed by atoms with Crippen LogP contribution in [0.2, 0.25) is 0 Å². The van der Waals surface area contributed by atoms with Gasteiger partial charge in [-0.15, -0.1) is 0 Å². The number of fused-ring (bicyclic) bond motifs is 1. The quantitative estimate of drug-likeness (QED) is 0.912. The molecule has 2 aromatic rings. The largest absolute Gasteiger partial charge is 0.390 e. The number of benzene rings is 1. The van der Waals surface area contributed by atoms with E-state index in [-0.39, 0.29) is 0 Å². The van der Waals surface area contributed by atoms with Crippen molar-refractivity contribution in [3.05, 3.63) is 30.5 Å². The average molecular weight is 271 g/mol. The lowest BCUT2D eigenvalue weighted by atomic mass is 9.83.